The molecule has 1 aromatic heterocycles. The van der Waals surface area contributed by atoms with Gasteiger partial charge in [0.15, 0.2) is 5.76 Å². The molecule has 1 atom stereocenters. The molecule has 0 fully saturated rings. The van der Waals surface area contributed by atoms with Crippen molar-refractivity contribution in [2.45, 2.75) is 19.8 Å². The summed E-state index contributed by atoms with van der Waals surface area (Å²) in [5.41, 5.74) is 0.555. The molecule has 2 rings (SSSR count). The van der Waals surface area contributed by atoms with Crippen molar-refractivity contribution in [2.24, 2.45) is 0 Å². The summed E-state index contributed by atoms with van der Waals surface area (Å²) < 4.78 is 19.7. The molecule has 7 heteroatoms. The van der Waals surface area contributed by atoms with Crippen molar-refractivity contribution < 1.29 is 18.8 Å². The molecule has 0 aliphatic heterocycles. The molecule has 2 aromatic rings. The van der Waals surface area contributed by atoms with Gasteiger partial charge in [0, 0.05) is 16.3 Å². The van der Waals surface area contributed by atoms with Gasteiger partial charge in [0.25, 0.3) is 5.88 Å². The number of nitrogens with one attached hydrogen (secondary N) is 1. The van der Waals surface area contributed by atoms with Crippen LogP contribution in [0.15, 0.2) is 28.7 Å². The molecule has 1 heterocycles. The van der Waals surface area contributed by atoms with Crippen molar-refractivity contribution in [3.8, 4) is 22.8 Å². The second kappa shape index (κ2) is 6.87. The average Bonchev–Trinajstić information content (AvgIpc) is 2.74. The Balaban J connectivity index is 2.24. The molecule has 21 heavy (non-hydrogen) atoms. The molecular formula is C14H16ClNO4S. The van der Waals surface area contributed by atoms with Crippen LogP contribution in [0.25, 0.3) is 11.3 Å². The van der Waals surface area contributed by atoms with E-state index in [9.17, 15) is 14.4 Å². The van der Waals surface area contributed by atoms with Crippen molar-refractivity contribution in [3.63, 3.8) is 0 Å². The van der Waals surface area contributed by atoms with E-state index in [1.54, 1.807) is 24.3 Å². The first kappa shape index (κ1) is 15.7. The SMILES string of the molecule is CCCCS(=O)Nc1oc(-c2ccc(Cl)cc2)c(O)c1O. The van der Waals surface area contributed by atoms with Gasteiger partial charge in [-0.2, -0.15) is 0 Å². The van der Waals surface area contributed by atoms with E-state index in [2.05, 4.69) is 4.72 Å². The lowest BCUT2D eigenvalue weighted by Crippen LogP contribution is -2.07. The van der Waals surface area contributed by atoms with Crippen molar-refractivity contribution in [1.29, 1.82) is 0 Å². The van der Waals surface area contributed by atoms with Crippen LogP contribution in [0.5, 0.6) is 11.5 Å². The van der Waals surface area contributed by atoms with Gasteiger partial charge >= 0.3 is 0 Å². The van der Waals surface area contributed by atoms with Crippen molar-refractivity contribution in [2.75, 3.05) is 10.5 Å². The van der Waals surface area contributed by atoms with E-state index >= 15 is 0 Å². The number of rotatable bonds is 6. The van der Waals surface area contributed by atoms with E-state index in [4.69, 9.17) is 16.0 Å². The molecule has 3 N–H and O–H groups in total. The minimum Gasteiger partial charge on any atom is -0.502 e. The van der Waals surface area contributed by atoms with Crippen molar-refractivity contribution >= 4 is 28.5 Å². The van der Waals surface area contributed by atoms with Gasteiger partial charge in [-0.3, -0.25) is 4.72 Å². The van der Waals surface area contributed by atoms with Gasteiger partial charge in [0.2, 0.25) is 11.5 Å². The number of halogens is 1. The summed E-state index contributed by atoms with van der Waals surface area (Å²) >= 11 is 5.80. The summed E-state index contributed by atoms with van der Waals surface area (Å²) in [6.45, 7) is 1.99. The highest BCUT2D eigenvalue weighted by atomic mass is 35.5. The number of anilines is 1. The molecule has 0 radical (unpaired) electrons. The van der Waals surface area contributed by atoms with Crippen molar-refractivity contribution in [3.05, 3.63) is 29.3 Å². The standard InChI is InChI=1S/C14H16ClNO4S/c1-2-3-8-21(19)16-14-12(18)11(17)13(20-14)9-4-6-10(15)7-5-9/h4-7,16-18H,2-3,8H2,1H3. The first-order valence-corrected chi connectivity index (χ1v) is 8.18. The van der Waals surface area contributed by atoms with E-state index in [1.807, 2.05) is 6.92 Å². The predicted octanol–water partition coefficient (Wildman–Crippen LogP) is 3.89. The lowest BCUT2D eigenvalue weighted by molar-refractivity contribution is 0.410. The molecule has 5 nitrogen and oxygen atoms in total. The second-order valence-corrected chi connectivity index (χ2v) is 6.21. The Morgan fingerprint density at radius 2 is 1.90 bits per heavy atom. The molecule has 0 aliphatic carbocycles. The number of hydrogen-bond donors (Lipinski definition) is 3. The Hall–Kier alpha value is -1.66. The van der Waals surface area contributed by atoms with Gasteiger partial charge < -0.3 is 14.6 Å². The first-order chi connectivity index (χ1) is 10.0. The van der Waals surface area contributed by atoms with Crippen LogP contribution in [0, 0.1) is 0 Å². The van der Waals surface area contributed by atoms with Gasteiger partial charge in [-0.25, -0.2) is 4.21 Å². The van der Waals surface area contributed by atoms with E-state index in [-0.39, 0.29) is 11.6 Å². The average molecular weight is 330 g/mol. The van der Waals surface area contributed by atoms with Crippen LogP contribution in [0.2, 0.25) is 5.02 Å². The molecule has 0 saturated heterocycles. The summed E-state index contributed by atoms with van der Waals surface area (Å²) in [7, 11) is -1.37. The molecule has 0 bridgehead atoms. The van der Waals surface area contributed by atoms with Gasteiger partial charge in [0.1, 0.15) is 11.0 Å². The van der Waals surface area contributed by atoms with Crippen LogP contribution < -0.4 is 4.72 Å². The van der Waals surface area contributed by atoms with Gasteiger partial charge in [-0.05, 0) is 30.7 Å². The van der Waals surface area contributed by atoms with Crippen molar-refractivity contribution in [1.82, 2.24) is 0 Å². The Bertz CT molecular complexity index is 639. The zero-order chi connectivity index (χ0) is 15.4. The maximum absolute atomic E-state index is 11.8. The van der Waals surface area contributed by atoms with Crippen LogP contribution in [0.4, 0.5) is 5.88 Å². The summed E-state index contributed by atoms with van der Waals surface area (Å²) in [6.07, 6.45) is 1.70. The van der Waals surface area contributed by atoms with E-state index in [0.29, 0.717) is 16.3 Å². The predicted molar refractivity (Wildman–Crippen MR) is 84.0 cm³/mol. The molecule has 0 spiro atoms. The third kappa shape index (κ3) is 3.71. The normalized spacial score (nSPS) is 12.3. The number of furan rings is 1. The minimum atomic E-state index is -1.37. The highest BCUT2D eigenvalue weighted by molar-refractivity contribution is 7.86. The largest absolute Gasteiger partial charge is 0.502 e. The minimum absolute atomic E-state index is 0.0964. The monoisotopic (exact) mass is 329 g/mol. The molecule has 0 amide bonds. The molecular weight excluding hydrogens is 314 g/mol. The third-order valence-corrected chi connectivity index (χ3v) is 4.18. The summed E-state index contributed by atoms with van der Waals surface area (Å²) in [4.78, 5) is 0. The zero-order valence-electron chi connectivity index (χ0n) is 11.4. The van der Waals surface area contributed by atoms with Gasteiger partial charge in [-0.1, -0.05) is 24.9 Å². The van der Waals surface area contributed by atoms with E-state index in [0.717, 1.165) is 12.8 Å². The molecule has 1 aromatic carbocycles. The van der Waals surface area contributed by atoms with Crippen LogP contribution in [0.1, 0.15) is 19.8 Å². The summed E-state index contributed by atoms with van der Waals surface area (Å²) in [5, 5.41) is 20.3. The Morgan fingerprint density at radius 3 is 2.52 bits per heavy atom. The zero-order valence-corrected chi connectivity index (χ0v) is 13.0. The Morgan fingerprint density at radius 1 is 1.24 bits per heavy atom. The van der Waals surface area contributed by atoms with E-state index < -0.39 is 22.5 Å². The van der Waals surface area contributed by atoms with Crippen LogP contribution >= 0.6 is 11.6 Å². The lowest BCUT2D eigenvalue weighted by atomic mass is 10.1. The first-order valence-electron chi connectivity index (χ1n) is 6.48. The second-order valence-electron chi connectivity index (χ2n) is 4.47. The highest BCUT2D eigenvalue weighted by Crippen LogP contribution is 2.45. The quantitative estimate of drug-likeness (QED) is 0.751. The van der Waals surface area contributed by atoms with E-state index in [1.165, 1.54) is 0 Å². The Kier molecular flexibility index (Phi) is 5.14. The van der Waals surface area contributed by atoms with Crippen LogP contribution in [-0.4, -0.2) is 20.2 Å². The summed E-state index contributed by atoms with van der Waals surface area (Å²) in [5.74, 6) is -0.420. The number of unbranched alkanes of at least 4 members (excludes halogenated alkanes) is 1. The van der Waals surface area contributed by atoms with Crippen LogP contribution in [0.3, 0.4) is 0 Å². The third-order valence-electron chi connectivity index (χ3n) is 2.85. The fraction of sp³-hybridized carbons (Fsp3) is 0.286. The number of aromatic hydroxyl groups is 2. The molecule has 114 valence electrons. The Labute approximate surface area is 130 Å². The van der Waals surface area contributed by atoms with Gasteiger partial charge in [-0.15, -0.1) is 0 Å². The fourth-order valence-corrected chi connectivity index (χ4v) is 2.83. The maximum atomic E-state index is 11.8. The lowest BCUT2D eigenvalue weighted by Gasteiger charge is -2.02. The highest BCUT2D eigenvalue weighted by Gasteiger charge is 2.21. The van der Waals surface area contributed by atoms with Crippen LogP contribution in [-0.2, 0) is 11.0 Å². The topological polar surface area (TPSA) is 82.7 Å². The number of benzene rings is 1. The fourth-order valence-electron chi connectivity index (χ4n) is 1.71. The molecule has 1 unspecified atom stereocenters. The molecule has 0 saturated carbocycles. The molecule has 0 aliphatic rings. The maximum Gasteiger partial charge on any atom is 0.252 e. The number of hydrogen-bond acceptors (Lipinski definition) is 4. The smallest absolute Gasteiger partial charge is 0.252 e. The summed E-state index contributed by atoms with van der Waals surface area (Å²) in [6, 6.07) is 6.58. The van der Waals surface area contributed by atoms with Gasteiger partial charge in [0.05, 0.1) is 0 Å².